The minimum atomic E-state index is 0.0945. The maximum absolute atomic E-state index is 12.0. The van der Waals surface area contributed by atoms with Crippen LogP contribution in [-0.4, -0.2) is 37.8 Å². The fourth-order valence-electron chi connectivity index (χ4n) is 2.94. The van der Waals surface area contributed by atoms with Crippen molar-refractivity contribution in [1.82, 2.24) is 5.32 Å². The van der Waals surface area contributed by atoms with E-state index in [0.717, 1.165) is 25.7 Å². The number of aliphatic hydroxyl groups excluding tert-OH is 1. The largest absolute Gasteiger partial charge is 0.396 e. The molecule has 116 valence electrons. The lowest BCUT2D eigenvalue weighted by Crippen LogP contribution is -2.38. The van der Waals surface area contributed by atoms with Crippen LogP contribution in [0, 0.1) is 5.92 Å². The fraction of sp³-hybridized carbons (Fsp3) is 0.588. The van der Waals surface area contributed by atoms with Gasteiger partial charge in [-0.1, -0.05) is 18.6 Å². The van der Waals surface area contributed by atoms with Gasteiger partial charge in [0, 0.05) is 44.8 Å². The van der Waals surface area contributed by atoms with Crippen molar-refractivity contribution in [2.45, 2.75) is 38.1 Å². The molecule has 0 heterocycles. The number of carbonyl (C=O) groups excluding carboxylic acids is 1. The number of nitrogens with one attached hydrogen (secondary N) is 1. The lowest BCUT2D eigenvalue weighted by molar-refractivity contribution is -0.122. The minimum Gasteiger partial charge on any atom is -0.396 e. The Bertz CT molecular complexity index is 456. The molecule has 1 aromatic carbocycles. The van der Waals surface area contributed by atoms with E-state index in [2.05, 4.69) is 34.5 Å². The first-order valence-corrected chi connectivity index (χ1v) is 7.76. The Morgan fingerprint density at radius 2 is 2.00 bits per heavy atom. The Morgan fingerprint density at radius 1 is 1.29 bits per heavy atom. The van der Waals surface area contributed by atoms with Gasteiger partial charge in [0.25, 0.3) is 0 Å². The third-order valence-electron chi connectivity index (χ3n) is 4.33. The summed E-state index contributed by atoms with van der Waals surface area (Å²) in [5, 5.41) is 12.3. The Morgan fingerprint density at radius 3 is 2.62 bits per heavy atom. The quantitative estimate of drug-likeness (QED) is 0.842. The van der Waals surface area contributed by atoms with Crippen LogP contribution in [0.2, 0.25) is 0 Å². The molecule has 1 aromatic rings. The Labute approximate surface area is 127 Å². The van der Waals surface area contributed by atoms with Gasteiger partial charge >= 0.3 is 0 Å². The van der Waals surface area contributed by atoms with E-state index in [4.69, 9.17) is 0 Å². The highest BCUT2D eigenvalue weighted by Gasteiger charge is 2.27. The molecule has 21 heavy (non-hydrogen) atoms. The second-order valence-corrected chi connectivity index (χ2v) is 6.11. The number of hydrogen-bond acceptors (Lipinski definition) is 3. The first-order chi connectivity index (χ1) is 10.1. The molecular formula is C17H26N2O2. The SMILES string of the molecule is CN(C)c1ccc(CCC(=O)NC2CCCC2CO)cc1. The van der Waals surface area contributed by atoms with Crippen LogP contribution in [0.5, 0.6) is 0 Å². The highest BCUT2D eigenvalue weighted by atomic mass is 16.3. The summed E-state index contributed by atoms with van der Waals surface area (Å²) < 4.78 is 0. The summed E-state index contributed by atoms with van der Waals surface area (Å²) in [5.41, 5.74) is 2.35. The van der Waals surface area contributed by atoms with E-state index in [9.17, 15) is 9.90 Å². The second kappa shape index (κ2) is 7.46. The average Bonchev–Trinajstić information content (AvgIpc) is 2.92. The van der Waals surface area contributed by atoms with Gasteiger partial charge in [-0.05, 0) is 37.0 Å². The molecule has 0 aromatic heterocycles. The van der Waals surface area contributed by atoms with Gasteiger partial charge in [-0.25, -0.2) is 0 Å². The first kappa shape index (κ1) is 15.8. The van der Waals surface area contributed by atoms with Crippen LogP contribution < -0.4 is 10.2 Å². The molecule has 0 aliphatic heterocycles. The van der Waals surface area contributed by atoms with Gasteiger partial charge in [0.1, 0.15) is 0 Å². The summed E-state index contributed by atoms with van der Waals surface area (Å²) in [7, 11) is 4.03. The van der Waals surface area contributed by atoms with Crippen molar-refractivity contribution in [2.75, 3.05) is 25.6 Å². The molecule has 1 saturated carbocycles. The van der Waals surface area contributed by atoms with E-state index in [1.54, 1.807) is 0 Å². The summed E-state index contributed by atoms with van der Waals surface area (Å²) >= 11 is 0. The third kappa shape index (κ3) is 4.46. The summed E-state index contributed by atoms with van der Waals surface area (Å²) in [5.74, 6) is 0.338. The number of rotatable bonds is 6. The van der Waals surface area contributed by atoms with Crippen molar-refractivity contribution in [2.24, 2.45) is 5.92 Å². The van der Waals surface area contributed by atoms with Crippen LogP contribution >= 0.6 is 0 Å². The van der Waals surface area contributed by atoms with Crippen LogP contribution in [0.4, 0.5) is 5.69 Å². The van der Waals surface area contributed by atoms with Crippen molar-refractivity contribution < 1.29 is 9.90 Å². The molecule has 2 rings (SSSR count). The number of benzene rings is 1. The van der Waals surface area contributed by atoms with Gasteiger partial charge < -0.3 is 15.3 Å². The maximum Gasteiger partial charge on any atom is 0.220 e. The second-order valence-electron chi connectivity index (χ2n) is 6.11. The number of anilines is 1. The van der Waals surface area contributed by atoms with E-state index in [-0.39, 0.29) is 24.5 Å². The standard InChI is InChI=1S/C17H26N2O2/c1-19(2)15-9-6-13(7-10-15)8-11-17(21)18-16-5-3-4-14(16)12-20/h6-7,9-10,14,16,20H,3-5,8,11-12H2,1-2H3,(H,18,21). The number of nitrogens with zero attached hydrogens (tertiary/aromatic N) is 1. The summed E-state index contributed by atoms with van der Waals surface area (Å²) in [6, 6.07) is 8.47. The molecule has 2 atom stereocenters. The Hall–Kier alpha value is -1.55. The first-order valence-electron chi connectivity index (χ1n) is 7.76. The zero-order chi connectivity index (χ0) is 15.2. The van der Waals surface area contributed by atoms with Crippen molar-refractivity contribution in [3.8, 4) is 0 Å². The number of carbonyl (C=O) groups is 1. The van der Waals surface area contributed by atoms with Crippen LogP contribution in [0.25, 0.3) is 0 Å². The van der Waals surface area contributed by atoms with Crippen molar-refractivity contribution in [3.05, 3.63) is 29.8 Å². The predicted molar refractivity (Wildman–Crippen MR) is 85.4 cm³/mol. The normalized spacial score (nSPS) is 21.3. The van der Waals surface area contributed by atoms with Crippen molar-refractivity contribution in [3.63, 3.8) is 0 Å². The van der Waals surface area contributed by atoms with E-state index in [1.807, 2.05) is 14.1 Å². The Kier molecular flexibility index (Phi) is 5.62. The molecule has 1 aliphatic carbocycles. The molecule has 4 nitrogen and oxygen atoms in total. The van der Waals surface area contributed by atoms with Crippen LogP contribution in [0.1, 0.15) is 31.2 Å². The van der Waals surface area contributed by atoms with Gasteiger partial charge in [-0.3, -0.25) is 4.79 Å². The van der Waals surface area contributed by atoms with Gasteiger partial charge in [0.2, 0.25) is 5.91 Å². The lowest BCUT2D eigenvalue weighted by atomic mass is 10.0. The zero-order valence-electron chi connectivity index (χ0n) is 13.0. The number of hydrogen-bond donors (Lipinski definition) is 2. The van der Waals surface area contributed by atoms with Gasteiger partial charge in [-0.15, -0.1) is 0 Å². The fourth-order valence-corrected chi connectivity index (χ4v) is 2.94. The number of amides is 1. The van der Waals surface area contributed by atoms with Crippen molar-refractivity contribution in [1.29, 1.82) is 0 Å². The van der Waals surface area contributed by atoms with E-state index >= 15 is 0 Å². The number of aryl methyl sites for hydroxylation is 1. The van der Waals surface area contributed by atoms with Crippen molar-refractivity contribution >= 4 is 11.6 Å². The highest BCUT2D eigenvalue weighted by Crippen LogP contribution is 2.25. The average molecular weight is 290 g/mol. The molecule has 0 spiro atoms. The lowest BCUT2D eigenvalue weighted by Gasteiger charge is -2.19. The van der Waals surface area contributed by atoms with Gasteiger partial charge in [0.15, 0.2) is 0 Å². The van der Waals surface area contributed by atoms with Crippen LogP contribution in [-0.2, 0) is 11.2 Å². The molecule has 2 unspecified atom stereocenters. The molecule has 4 heteroatoms. The molecular weight excluding hydrogens is 264 g/mol. The maximum atomic E-state index is 12.0. The van der Waals surface area contributed by atoms with E-state index in [0.29, 0.717) is 6.42 Å². The molecule has 2 N–H and O–H groups in total. The molecule has 0 saturated heterocycles. The smallest absolute Gasteiger partial charge is 0.220 e. The number of aliphatic hydroxyl groups is 1. The van der Waals surface area contributed by atoms with Crippen LogP contribution in [0.15, 0.2) is 24.3 Å². The van der Waals surface area contributed by atoms with Gasteiger partial charge in [0.05, 0.1) is 0 Å². The molecule has 1 amide bonds. The zero-order valence-corrected chi connectivity index (χ0v) is 13.0. The topological polar surface area (TPSA) is 52.6 Å². The summed E-state index contributed by atoms with van der Waals surface area (Å²) in [6.45, 7) is 0.178. The van der Waals surface area contributed by atoms with E-state index < -0.39 is 0 Å². The third-order valence-corrected chi connectivity index (χ3v) is 4.33. The molecule has 1 aliphatic rings. The van der Waals surface area contributed by atoms with E-state index in [1.165, 1.54) is 11.3 Å². The molecule has 1 fully saturated rings. The summed E-state index contributed by atoms with van der Waals surface area (Å²) in [4.78, 5) is 14.1. The summed E-state index contributed by atoms with van der Waals surface area (Å²) in [6.07, 6.45) is 4.39. The van der Waals surface area contributed by atoms with Gasteiger partial charge in [-0.2, -0.15) is 0 Å². The monoisotopic (exact) mass is 290 g/mol. The molecule has 0 bridgehead atoms. The minimum absolute atomic E-state index is 0.0945. The highest BCUT2D eigenvalue weighted by molar-refractivity contribution is 5.76. The van der Waals surface area contributed by atoms with Crippen LogP contribution in [0.3, 0.4) is 0 Å². The predicted octanol–water partition coefficient (Wildman–Crippen LogP) is 1.96. The Balaban J connectivity index is 1.78. The molecule has 0 radical (unpaired) electrons.